The molecule has 0 spiro atoms. The molecule has 0 saturated heterocycles. The number of nitrogens with zero attached hydrogens (tertiary/aromatic N) is 2. The zero-order valence-electron chi connectivity index (χ0n) is 23.9. The number of hydrogen-bond donors (Lipinski definition) is 1. The van der Waals surface area contributed by atoms with Gasteiger partial charge in [-0.25, -0.2) is 8.42 Å². The van der Waals surface area contributed by atoms with E-state index in [4.69, 9.17) is 23.2 Å². The number of amides is 2. The first-order chi connectivity index (χ1) is 19.4. The Morgan fingerprint density at radius 2 is 1.68 bits per heavy atom. The van der Waals surface area contributed by atoms with Crippen LogP contribution in [0.1, 0.15) is 42.0 Å². The molecule has 2 amide bonds. The predicted octanol–water partition coefficient (Wildman–Crippen LogP) is 5.93. The molecular formula is C31H37Cl2N3O4S. The summed E-state index contributed by atoms with van der Waals surface area (Å²) in [4.78, 5) is 29.3. The van der Waals surface area contributed by atoms with E-state index in [1.54, 1.807) is 31.2 Å². The van der Waals surface area contributed by atoms with Gasteiger partial charge in [0.2, 0.25) is 21.8 Å². The number of hydrogen-bond acceptors (Lipinski definition) is 4. The van der Waals surface area contributed by atoms with E-state index in [-0.39, 0.29) is 18.9 Å². The summed E-state index contributed by atoms with van der Waals surface area (Å²) in [5.41, 5.74) is 3.42. The molecule has 7 nitrogen and oxygen atoms in total. The van der Waals surface area contributed by atoms with E-state index in [1.807, 2.05) is 56.3 Å². The van der Waals surface area contributed by atoms with Crippen molar-refractivity contribution in [3.05, 3.63) is 99.0 Å². The Kier molecular flexibility index (Phi) is 11.6. The monoisotopic (exact) mass is 617 g/mol. The number of aryl methyl sites for hydroxylation is 2. The zero-order valence-corrected chi connectivity index (χ0v) is 26.2. The third kappa shape index (κ3) is 9.21. The summed E-state index contributed by atoms with van der Waals surface area (Å²) in [5.74, 6) is -0.854. The normalized spacial score (nSPS) is 12.0. The number of carbonyl (C=O) groups is 2. The summed E-state index contributed by atoms with van der Waals surface area (Å²) < 4.78 is 27.1. The van der Waals surface area contributed by atoms with Crippen molar-refractivity contribution < 1.29 is 18.0 Å². The Labute approximate surface area is 253 Å². The van der Waals surface area contributed by atoms with Crippen molar-refractivity contribution in [2.24, 2.45) is 0 Å². The van der Waals surface area contributed by atoms with Crippen LogP contribution in [0.3, 0.4) is 0 Å². The largest absolute Gasteiger partial charge is 0.354 e. The Morgan fingerprint density at radius 3 is 2.32 bits per heavy atom. The number of benzene rings is 3. The van der Waals surface area contributed by atoms with Crippen LogP contribution < -0.4 is 9.62 Å². The molecule has 10 heteroatoms. The van der Waals surface area contributed by atoms with Crippen LogP contribution in [0, 0.1) is 13.8 Å². The molecule has 0 heterocycles. The lowest BCUT2D eigenvalue weighted by Crippen LogP contribution is -2.53. The van der Waals surface area contributed by atoms with Crippen molar-refractivity contribution in [1.29, 1.82) is 0 Å². The molecule has 0 aromatic heterocycles. The first kappa shape index (κ1) is 32.4. The Hall–Kier alpha value is -3.07. The van der Waals surface area contributed by atoms with Crippen LogP contribution in [0.25, 0.3) is 0 Å². The fourth-order valence-electron chi connectivity index (χ4n) is 4.48. The van der Waals surface area contributed by atoms with Crippen molar-refractivity contribution in [1.82, 2.24) is 10.2 Å². The quantitative estimate of drug-likeness (QED) is 0.241. The molecular weight excluding hydrogens is 581 g/mol. The first-order valence-corrected chi connectivity index (χ1v) is 16.1. The van der Waals surface area contributed by atoms with Crippen LogP contribution in [0.2, 0.25) is 10.0 Å². The second-order valence-electron chi connectivity index (χ2n) is 10.2. The fraction of sp³-hybridized carbons (Fsp3) is 0.355. The highest BCUT2D eigenvalue weighted by Crippen LogP contribution is 2.27. The van der Waals surface area contributed by atoms with Crippen molar-refractivity contribution in [2.45, 2.75) is 52.6 Å². The van der Waals surface area contributed by atoms with E-state index in [0.717, 1.165) is 34.5 Å². The minimum absolute atomic E-state index is 0.0159. The van der Waals surface area contributed by atoms with Crippen LogP contribution in [0.15, 0.2) is 66.7 Å². The van der Waals surface area contributed by atoms with Gasteiger partial charge in [-0.2, -0.15) is 0 Å². The molecule has 0 saturated carbocycles. The Morgan fingerprint density at radius 1 is 0.976 bits per heavy atom. The van der Waals surface area contributed by atoms with Crippen LogP contribution >= 0.6 is 23.2 Å². The number of anilines is 1. The van der Waals surface area contributed by atoms with E-state index in [0.29, 0.717) is 33.4 Å². The van der Waals surface area contributed by atoms with E-state index in [9.17, 15) is 18.0 Å². The maximum absolute atomic E-state index is 14.2. The second-order valence-corrected chi connectivity index (χ2v) is 12.9. The molecule has 0 aliphatic heterocycles. The summed E-state index contributed by atoms with van der Waals surface area (Å²) in [6, 6.07) is 18.9. The molecule has 3 rings (SSSR count). The Balaban J connectivity index is 2.09. The van der Waals surface area contributed by atoms with Gasteiger partial charge in [-0.05, 0) is 60.7 Å². The number of sulfonamides is 1. The van der Waals surface area contributed by atoms with Crippen molar-refractivity contribution >= 4 is 50.7 Å². The SMILES string of the molecule is CCCCNC(=O)C(Cc1ccccc1)N(Cc1ccc(Cl)cc1Cl)C(=O)CN(c1cc(C)ccc1C)S(C)(=O)=O. The Bertz CT molecular complexity index is 1470. The minimum Gasteiger partial charge on any atom is -0.354 e. The molecule has 3 aromatic carbocycles. The maximum atomic E-state index is 14.2. The molecule has 1 atom stereocenters. The van der Waals surface area contributed by atoms with E-state index < -0.39 is 28.5 Å². The minimum atomic E-state index is -3.85. The molecule has 220 valence electrons. The molecule has 0 radical (unpaired) electrons. The van der Waals surface area contributed by atoms with Gasteiger partial charge in [0.1, 0.15) is 12.6 Å². The topological polar surface area (TPSA) is 86.8 Å². The number of halogens is 2. The van der Waals surface area contributed by atoms with Gasteiger partial charge in [-0.15, -0.1) is 0 Å². The molecule has 0 aliphatic carbocycles. The summed E-state index contributed by atoms with van der Waals surface area (Å²) >= 11 is 12.6. The molecule has 0 aliphatic rings. The van der Waals surface area contributed by atoms with Crippen molar-refractivity contribution in [3.63, 3.8) is 0 Å². The predicted molar refractivity (Wildman–Crippen MR) is 167 cm³/mol. The van der Waals surface area contributed by atoms with Gasteiger partial charge >= 0.3 is 0 Å². The van der Waals surface area contributed by atoms with E-state index >= 15 is 0 Å². The molecule has 3 aromatic rings. The van der Waals surface area contributed by atoms with Crippen LogP contribution in [0.5, 0.6) is 0 Å². The molecule has 1 unspecified atom stereocenters. The van der Waals surface area contributed by atoms with Crippen LogP contribution in [-0.4, -0.2) is 50.5 Å². The lowest BCUT2D eigenvalue weighted by Gasteiger charge is -2.34. The van der Waals surface area contributed by atoms with Crippen LogP contribution in [-0.2, 0) is 32.6 Å². The van der Waals surface area contributed by atoms with Gasteiger partial charge in [-0.3, -0.25) is 13.9 Å². The highest BCUT2D eigenvalue weighted by Gasteiger charge is 2.33. The standard InChI is InChI=1S/C31H37Cl2N3O4S/c1-5-6-16-34-31(38)29(18-24-10-8-7-9-11-24)35(20-25-14-15-26(32)19-27(25)33)30(37)21-36(41(4,39)40)28-17-22(2)12-13-23(28)3/h7-15,17,19,29H,5-6,16,18,20-21H2,1-4H3,(H,34,38). The fourth-order valence-corrected chi connectivity index (χ4v) is 5.84. The summed E-state index contributed by atoms with van der Waals surface area (Å²) in [7, 11) is -3.85. The highest BCUT2D eigenvalue weighted by molar-refractivity contribution is 7.92. The van der Waals surface area contributed by atoms with Gasteiger partial charge < -0.3 is 10.2 Å². The lowest BCUT2D eigenvalue weighted by molar-refractivity contribution is -0.140. The van der Waals surface area contributed by atoms with Gasteiger partial charge in [-0.1, -0.05) is 85.1 Å². The van der Waals surface area contributed by atoms with Gasteiger partial charge in [0, 0.05) is 29.6 Å². The van der Waals surface area contributed by atoms with E-state index in [1.165, 1.54) is 4.90 Å². The third-order valence-corrected chi connectivity index (χ3v) is 8.48. The van der Waals surface area contributed by atoms with Gasteiger partial charge in [0.15, 0.2) is 0 Å². The maximum Gasteiger partial charge on any atom is 0.244 e. The molecule has 0 fully saturated rings. The number of carbonyl (C=O) groups excluding carboxylic acids is 2. The number of unbranched alkanes of at least 4 members (excludes halogenated alkanes) is 1. The lowest BCUT2D eigenvalue weighted by atomic mass is 10.0. The number of rotatable bonds is 13. The summed E-state index contributed by atoms with van der Waals surface area (Å²) in [5, 5.41) is 3.74. The third-order valence-electron chi connectivity index (χ3n) is 6.77. The smallest absolute Gasteiger partial charge is 0.244 e. The van der Waals surface area contributed by atoms with Crippen molar-refractivity contribution in [3.8, 4) is 0 Å². The van der Waals surface area contributed by atoms with E-state index in [2.05, 4.69) is 5.32 Å². The van der Waals surface area contributed by atoms with Crippen LogP contribution in [0.4, 0.5) is 5.69 Å². The highest BCUT2D eigenvalue weighted by atomic mass is 35.5. The molecule has 1 N–H and O–H groups in total. The first-order valence-electron chi connectivity index (χ1n) is 13.5. The summed E-state index contributed by atoms with van der Waals surface area (Å²) in [6.45, 7) is 5.64. The summed E-state index contributed by atoms with van der Waals surface area (Å²) in [6.07, 6.45) is 2.99. The molecule has 0 bridgehead atoms. The van der Waals surface area contributed by atoms with Gasteiger partial charge in [0.25, 0.3) is 0 Å². The average molecular weight is 619 g/mol. The van der Waals surface area contributed by atoms with Crippen molar-refractivity contribution in [2.75, 3.05) is 23.7 Å². The second kappa shape index (κ2) is 14.7. The molecule has 41 heavy (non-hydrogen) atoms. The number of nitrogens with one attached hydrogen (secondary N) is 1. The van der Waals surface area contributed by atoms with Gasteiger partial charge in [0.05, 0.1) is 11.9 Å². The average Bonchev–Trinajstić information content (AvgIpc) is 2.91. The zero-order chi connectivity index (χ0) is 30.2.